The molecule has 4 heteroatoms. The Balaban J connectivity index is 1.77. The fourth-order valence-electron chi connectivity index (χ4n) is 2.30. The lowest BCUT2D eigenvalue weighted by Gasteiger charge is -2.36. The van der Waals surface area contributed by atoms with Crippen molar-refractivity contribution in [3.63, 3.8) is 0 Å². The van der Waals surface area contributed by atoms with Crippen molar-refractivity contribution in [1.29, 1.82) is 0 Å². The molecule has 1 aliphatic heterocycles. The molecule has 1 aliphatic rings. The SMILES string of the molecule is CCCCCCC#Cc1cncc(OCN2CC[C@H]2C=O)c1. The van der Waals surface area contributed by atoms with Crippen LogP contribution in [0.1, 0.15) is 51.0 Å². The quantitative estimate of drug-likeness (QED) is 0.420. The minimum atomic E-state index is 0.0130. The van der Waals surface area contributed by atoms with Gasteiger partial charge < -0.3 is 9.53 Å². The van der Waals surface area contributed by atoms with Gasteiger partial charge in [0.25, 0.3) is 0 Å². The Hall–Kier alpha value is -1.86. The Labute approximate surface area is 132 Å². The number of aromatic nitrogens is 1. The number of carbonyl (C=O) groups is 1. The minimum absolute atomic E-state index is 0.0130. The Morgan fingerprint density at radius 1 is 1.41 bits per heavy atom. The maximum absolute atomic E-state index is 10.7. The molecule has 1 fully saturated rings. The van der Waals surface area contributed by atoms with Crippen LogP contribution in [-0.2, 0) is 4.79 Å². The van der Waals surface area contributed by atoms with E-state index in [1.54, 1.807) is 12.4 Å². The van der Waals surface area contributed by atoms with Crippen molar-refractivity contribution in [3.05, 3.63) is 24.0 Å². The highest BCUT2D eigenvalue weighted by Gasteiger charge is 2.27. The second kappa shape index (κ2) is 9.22. The van der Waals surface area contributed by atoms with Crippen LogP contribution in [0.5, 0.6) is 5.75 Å². The lowest BCUT2D eigenvalue weighted by molar-refractivity contribution is -0.118. The van der Waals surface area contributed by atoms with E-state index in [1.807, 2.05) is 11.0 Å². The number of nitrogens with zero attached hydrogens (tertiary/aromatic N) is 2. The fourth-order valence-corrected chi connectivity index (χ4v) is 2.30. The lowest BCUT2D eigenvalue weighted by atomic mass is 10.1. The van der Waals surface area contributed by atoms with Crippen molar-refractivity contribution in [2.75, 3.05) is 13.3 Å². The van der Waals surface area contributed by atoms with Crippen LogP contribution in [0.2, 0.25) is 0 Å². The van der Waals surface area contributed by atoms with Gasteiger partial charge in [0.2, 0.25) is 0 Å². The molecule has 0 spiro atoms. The average Bonchev–Trinajstić information content (AvgIpc) is 2.51. The zero-order valence-electron chi connectivity index (χ0n) is 13.3. The van der Waals surface area contributed by atoms with E-state index >= 15 is 0 Å². The van der Waals surface area contributed by atoms with Gasteiger partial charge in [-0.05, 0) is 18.9 Å². The number of likely N-dealkylation sites (tertiary alicyclic amines) is 1. The molecule has 0 saturated carbocycles. The molecule has 4 nitrogen and oxygen atoms in total. The predicted octanol–water partition coefficient (Wildman–Crippen LogP) is 3.01. The van der Waals surface area contributed by atoms with Gasteiger partial charge in [0, 0.05) is 24.7 Å². The Morgan fingerprint density at radius 3 is 3.05 bits per heavy atom. The molecule has 0 radical (unpaired) electrons. The highest BCUT2D eigenvalue weighted by Crippen LogP contribution is 2.17. The Kier molecular flexibility index (Phi) is 6.92. The first-order valence-corrected chi connectivity index (χ1v) is 8.09. The number of hydrogen-bond acceptors (Lipinski definition) is 4. The second-order valence-corrected chi connectivity index (χ2v) is 5.60. The largest absolute Gasteiger partial charge is 0.476 e. The maximum Gasteiger partial charge on any atom is 0.142 e. The molecule has 22 heavy (non-hydrogen) atoms. The summed E-state index contributed by atoms with van der Waals surface area (Å²) in [6.07, 6.45) is 11.2. The summed E-state index contributed by atoms with van der Waals surface area (Å²) >= 11 is 0. The van der Waals surface area contributed by atoms with Crippen LogP contribution in [0.4, 0.5) is 0 Å². The zero-order chi connectivity index (χ0) is 15.6. The summed E-state index contributed by atoms with van der Waals surface area (Å²) in [5.41, 5.74) is 0.878. The van der Waals surface area contributed by atoms with Gasteiger partial charge in [-0.25, -0.2) is 0 Å². The van der Waals surface area contributed by atoms with Crippen LogP contribution in [0.15, 0.2) is 18.5 Å². The van der Waals surface area contributed by atoms with E-state index in [4.69, 9.17) is 4.74 Å². The fraction of sp³-hybridized carbons (Fsp3) is 0.556. The number of unbranched alkanes of at least 4 members (excludes halogenated alkanes) is 4. The van der Waals surface area contributed by atoms with E-state index < -0.39 is 0 Å². The lowest BCUT2D eigenvalue weighted by Crippen LogP contribution is -2.50. The van der Waals surface area contributed by atoms with Crippen LogP contribution in [0.3, 0.4) is 0 Å². The summed E-state index contributed by atoms with van der Waals surface area (Å²) in [6, 6.07) is 1.92. The molecule has 1 aromatic rings. The van der Waals surface area contributed by atoms with Gasteiger partial charge in [0.15, 0.2) is 0 Å². The molecule has 0 aromatic carbocycles. The van der Waals surface area contributed by atoms with Gasteiger partial charge in [-0.1, -0.05) is 38.0 Å². The van der Waals surface area contributed by atoms with Crippen LogP contribution < -0.4 is 4.74 Å². The number of carbonyl (C=O) groups excluding carboxylic acids is 1. The van der Waals surface area contributed by atoms with Crippen LogP contribution in [0.25, 0.3) is 0 Å². The summed E-state index contributed by atoms with van der Waals surface area (Å²) in [5.74, 6) is 7.03. The normalized spacial score (nSPS) is 17.2. The monoisotopic (exact) mass is 300 g/mol. The molecule has 1 atom stereocenters. The van der Waals surface area contributed by atoms with E-state index in [9.17, 15) is 4.79 Å². The number of aldehydes is 1. The molecule has 2 heterocycles. The molecule has 0 amide bonds. The van der Waals surface area contributed by atoms with Crippen molar-refractivity contribution >= 4 is 6.29 Å². The average molecular weight is 300 g/mol. The summed E-state index contributed by atoms with van der Waals surface area (Å²) in [6.45, 7) is 3.55. The van der Waals surface area contributed by atoms with E-state index in [1.165, 1.54) is 19.3 Å². The summed E-state index contributed by atoms with van der Waals surface area (Å²) in [7, 11) is 0. The molecular formula is C18H24N2O2. The van der Waals surface area contributed by atoms with Crippen LogP contribution in [0, 0.1) is 11.8 Å². The van der Waals surface area contributed by atoms with Crippen LogP contribution in [-0.4, -0.2) is 35.5 Å². The van der Waals surface area contributed by atoms with Gasteiger partial charge in [-0.3, -0.25) is 9.88 Å². The third kappa shape index (κ3) is 5.16. The first-order chi connectivity index (χ1) is 10.8. The molecule has 0 N–H and O–H groups in total. The van der Waals surface area contributed by atoms with Gasteiger partial charge >= 0.3 is 0 Å². The molecule has 0 unspecified atom stereocenters. The van der Waals surface area contributed by atoms with Gasteiger partial charge in [0.1, 0.15) is 18.8 Å². The predicted molar refractivity (Wildman–Crippen MR) is 86.5 cm³/mol. The van der Waals surface area contributed by atoms with Crippen LogP contribution >= 0.6 is 0 Å². The molecule has 2 rings (SSSR count). The number of hydrogen-bond donors (Lipinski definition) is 0. The third-order valence-corrected chi connectivity index (χ3v) is 3.84. The number of pyridine rings is 1. The molecule has 1 saturated heterocycles. The maximum atomic E-state index is 10.7. The highest BCUT2D eigenvalue weighted by atomic mass is 16.5. The van der Waals surface area contributed by atoms with Gasteiger partial charge in [0.05, 0.1) is 12.2 Å². The van der Waals surface area contributed by atoms with Gasteiger partial charge in [-0.2, -0.15) is 0 Å². The van der Waals surface area contributed by atoms with Crippen molar-refractivity contribution in [1.82, 2.24) is 9.88 Å². The third-order valence-electron chi connectivity index (χ3n) is 3.84. The van der Waals surface area contributed by atoms with E-state index in [2.05, 4.69) is 23.7 Å². The topological polar surface area (TPSA) is 42.4 Å². The van der Waals surface area contributed by atoms with Gasteiger partial charge in [-0.15, -0.1) is 0 Å². The van der Waals surface area contributed by atoms with Crippen molar-refractivity contribution in [3.8, 4) is 17.6 Å². The highest BCUT2D eigenvalue weighted by molar-refractivity contribution is 5.59. The molecular weight excluding hydrogens is 276 g/mol. The Morgan fingerprint density at radius 2 is 2.32 bits per heavy atom. The van der Waals surface area contributed by atoms with E-state index in [0.717, 1.165) is 37.7 Å². The summed E-state index contributed by atoms with van der Waals surface area (Å²) in [4.78, 5) is 16.9. The Bertz CT molecular complexity index is 533. The molecule has 0 aliphatic carbocycles. The number of ether oxygens (including phenoxy) is 1. The van der Waals surface area contributed by atoms with Crippen molar-refractivity contribution in [2.45, 2.75) is 51.5 Å². The molecule has 118 valence electrons. The summed E-state index contributed by atoms with van der Waals surface area (Å²) in [5, 5.41) is 0. The van der Waals surface area contributed by atoms with Crippen molar-refractivity contribution in [2.24, 2.45) is 0 Å². The van der Waals surface area contributed by atoms with E-state index in [0.29, 0.717) is 12.5 Å². The first kappa shape index (κ1) is 16.5. The molecule has 1 aromatic heterocycles. The van der Waals surface area contributed by atoms with Crippen molar-refractivity contribution < 1.29 is 9.53 Å². The smallest absolute Gasteiger partial charge is 0.142 e. The standard InChI is InChI=1S/C18H24N2O2/c1-2-3-4-5-6-7-8-16-11-18(13-19-12-16)22-15-20-10-9-17(20)14-21/h11-14,17H,2-6,9-10,15H2,1H3/t17-/m0/s1. The first-order valence-electron chi connectivity index (χ1n) is 8.09. The minimum Gasteiger partial charge on any atom is -0.476 e. The molecule has 0 bridgehead atoms. The van der Waals surface area contributed by atoms with E-state index in [-0.39, 0.29) is 6.04 Å². The second-order valence-electron chi connectivity index (χ2n) is 5.60. The zero-order valence-corrected chi connectivity index (χ0v) is 13.3. The number of rotatable bonds is 8. The summed E-state index contributed by atoms with van der Waals surface area (Å²) < 4.78 is 5.68.